The Kier molecular flexibility index (Phi) is 4.81. The number of carbonyl (C=O) groups excluding carboxylic acids is 2. The molecule has 0 radical (unpaired) electrons. The van der Waals surface area contributed by atoms with Crippen LogP contribution >= 0.6 is 0 Å². The summed E-state index contributed by atoms with van der Waals surface area (Å²) in [5, 5.41) is 5.29. The van der Waals surface area contributed by atoms with E-state index in [1.807, 2.05) is 37.3 Å². The highest BCUT2D eigenvalue weighted by Gasteiger charge is 2.34. The maximum Gasteiger partial charge on any atom is 0.225 e. The molecule has 0 spiro atoms. The Morgan fingerprint density at radius 3 is 2.71 bits per heavy atom. The van der Waals surface area contributed by atoms with Crippen LogP contribution in [0.2, 0.25) is 0 Å². The fraction of sp³-hybridized carbons (Fsp3) is 0.368. The van der Waals surface area contributed by atoms with E-state index < -0.39 is 0 Å². The fourth-order valence-electron chi connectivity index (χ4n) is 3.25. The van der Waals surface area contributed by atoms with Gasteiger partial charge in [-0.3, -0.25) is 9.59 Å². The van der Waals surface area contributed by atoms with Crippen LogP contribution in [-0.2, 0) is 9.59 Å². The molecule has 2 aromatic carbocycles. The number of hydrogen-bond acceptors (Lipinski definition) is 3. The maximum atomic E-state index is 12.5. The van der Waals surface area contributed by atoms with Crippen molar-refractivity contribution in [1.29, 1.82) is 0 Å². The Bertz CT molecular complexity index is 759. The summed E-state index contributed by atoms with van der Waals surface area (Å²) in [6.07, 6.45) is 0.286. The quantitative estimate of drug-likeness (QED) is 0.880. The Hall–Kier alpha value is -2.40. The van der Waals surface area contributed by atoms with Crippen LogP contribution in [0.5, 0.6) is 0 Å². The largest absolute Gasteiger partial charge is 0.348 e. The summed E-state index contributed by atoms with van der Waals surface area (Å²) < 4.78 is 0. The second-order valence-electron chi connectivity index (χ2n) is 6.24. The van der Waals surface area contributed by atoms with Crippen LogP contribution in [0.4, 0.5) is 0 Å². The van der Waals surface area contributed by atoms with Crippen molar-refractivity contribution in [2.45, 2.75) is 19.4 Å². The van der Waals surface area contributed by atoms with E-state index in [2.05, 4.69) is 17.4 Å². The molecule has 2 aromatic rings. The maximum absolute atomic E-state index is 12.5. The van der Waals surface area contributed by atoms with Crippen LogP contribution in [0, 0.1) is 5.92 Å². The number of nitrogens with one attached hydrogen (secondary N) is 1. The SMILES string of the molecule is CCN1CC(C(=O)NC(CN)c2ccc3ccccc3c2)CC1=O. The Morgan fingerprint density at radius 2 is 2.04 bits per heavy atom. The molecule has 24 heavy (non-hydrogen) atoms. The first-order valence-corrected chi connectivity index (χ1v) is 8.39. The van der Waals surface area contributed by atoms with E-state index in [0.717, 1.165) is 16.3 Å². The molecular formula is C19H23N3O2. The van der Waals surface area contributed by atoms with Gasteiger partial charge < -0.3 is 16.0 Å². The molecule has 1 heterocycles. The highest BCUT2D eigenvalue weighted by molar-refractivity contribution is 5.89. The summed E-state index contributed by atoms with van der Waals surface area (Å²) in [7, 11) is 0. The van der Waals surface area contributed by atoms with Gasteiger partial charge in [0.25, 0.3) is 0 Å². The summed E-state index contributed by atoms with van der Waals surface area (Å²) in [4.78, 5) is 26.0. The number of hydrogen-bond donors (Lipinski definition) is 2. The molecule has 1 fully saturated rings. The molecule has 1 saturated heterocycles. The number of carbonyl (C=O) groups is 2. The lowest BCUT2D eigenvalue weighted by atomic mass is 10.0. The van der Waals surface area contributed by atoms with Crippen molar-refractivity contribution in [2.24, 2.45) is 11.7 Å². The molecule has 126 valence electrons. The first-order chi connectivity index (χ1) is 11.6. The van der Waals surface area contributed by atoms with Crippen LogP contribution in [0.3, 0.4) is 0 Å². The summed E-state index contributed by atoms with van der Waals surface area (Å²) in [5.41, 5.74) is 6.87. The molecule has 5 nitrogen and oxygen atoms in total. The van der Waals surface area contributed by atoms with E-state index >= 15 is 0 Å². The van der Waals surface area contributed by atoms with Gasteiger partial charge in [-0.2, -0.15) is 0 Å². The number of benzene rings is 2. The van der Waals surface area contributed by atoms with Gasteiger partial charge in [0.2, 0.25) is 11.8 Å². The molecule has 3 N–H and O–H groups in total. The van der Waals surface area contributed by atoms with Gasteiger partial charge in [0.05, 0.1) is 12.0 Å². The number of fused-ring (bicyclic) bond motifs is 1. The second kappa shape index (κ2) is 7.01. The normalized spacial score (nSPS) is 18.8. The van der Waals surface area contributed by atoms with Gasteiger partial charge in [0.15, 0.2) is 0 Å². The van der Waals surface area contributed by atoms with Crippen LogP contribution < -0.4 is 11.1 Å². The van der Waals surface area contributed by atoms with Crippen LogP contribution in [-0.4, -0.2) is 36.3 Å². The van der Waals surface area contributed by atoms with Crippen molar-refractivity contribution in [2.75, 3.05) is 19.6 Å². The summed E-state index contributed by atoms with van der Waals surface area (Å²) in [5.74, 6) is -0.331. The van der Waals surface area contributed by atoms with Crippen LogP contribution in [0.25, 0.3) is 10.8 Å². The first kappa shape index (κ1) is 16.5. The van der Waals surface area contributed by atoms with Crippen molar-refractivity contribution >= 4 is 22.6 Å². The first-order valence-electron chi connectivity index (χ1n) is 8.39. The zero-order chi connectivity index (χ0) is 17.1. The topological polar surface area (TPSA) is 75.4 Å². The van der Waals surface area contributed by atoms with E-state index in [1.165, 1.54) is 0 Å². The molecule has 0 bridgehead atoms. The number of nitrogens with two attached hydrogens (primary N) is 1. The van der Waals surface area contributed by atoms with Gasteiger partial charge in [-0.05, 0) is 29.3 Å². The molecule has 3 rings (SSSR count). The van der Waals surface area contributed by atoms with Crippen molar-refractivity contribution in [3.8, 4) is 0 Å². The number of rotatable bonds is 5. The minimum absolute atomic E-state index is 0.0488. The van der Waals surface area contributed by atoms with E-state index in [0.29, 0.717) is 19.6 Å². The van der Waals surface area contributed by atoms with Gasteiger partial charge in [-0.25, -0.2) is 0 Å². The number of nitrogens with zero attached hydrogens (tertiary/aromatic N) is 1. The molecule has 1 aliphatic heterocycles. The van der Waals surface area contributed by atoms with Crippen molar-refractivity contribution in [1.82, 2.24) is 10.2 Å². The van der Waals surface area contributed by atoms with Crippen LogP contribution in [0.1, 0.15) is 24.9 Å². The molecule has 0 saturated carbocycles. The third-order valence-corrected chi connectivity index (χ3v) is 4.70. The summed E-state index contributed by atoms with van der Waals surface area (Å²) in [6, 6.07) is 13.9. The minimum atomic E-state index is -0.285. The van der Waals surface area contributed by atoms with Crippen molar-refractivity contribution in [3.63, 3.8) is 0 Å². The number of likely N-dealkylation sites (tertiary alicyclic amines) is 1. The molecule has 1 aliphatic rings. The third-order valence-electron chi connectivity index (χ3n) is 4.70. The van der Waals surface area contributed by atoms with Gasteiger partial charge in [-0.15, -0.1) is 0 Å². The third kappa shape index (κ3) is 3.26. The fourth-order valence-corrected chi connectivity index (χ4v) is 3.25. The molecule has 2 unspecified atom stereocenters. The highest BCUT2D eigenvalue weighted by Crippen LogP contribution is 2.22. The molecule has 0 aromatic heterocycles. The Labute approximate surface area is 141 Å². The van der Waals surface area contributed by atoms with E-state index in [4.69, 9.17) is 5.73 Å². The average Bonchev–Trinajstić information content (AvgIpc) is 3.00. The molecule has 2 amide bonds. The standard InChI is InChI=1S/C19H23N3O2/c1-2-22-12-16(10-18(22)23)19(24)21-17(11-20)15-8-7-13-5-3-4-6-14(13)9-15/h3-9,16-17H,2,10-12,20H2,1H3,(H,21,24). The predicted molar refractivity (Wildman–Crippen MR) is 94.2 cm³/mol. The van der Waals surface area contributed by atoms with E-state index in [9.17, 15) is 9.59 Å². The lowest BCUT2D eigenvalue weighted by Crippen LogP contribution is -2.38. The zero-order valence-corrected chi connectivity index (χ0v) is 13.9. The second-order valence-corrected chi connectivity index (χ2v) is 6.24. The van der Waals surface area contributed by atoms with Gasteiger partial charge in [0, 0.05) is 26.1 Å². The van der Waals surface area contributed by atoms with Gasteiger partial charge in [-0.1, -0.05) is 36.4 Å². The zero-order valence-electron chi connectivity index (χ0n) is 13.9. The van der Waals surface area contributed by atoms with Crippen molar-refractivity contribution in [3.05, 3.63) is 48.0 Å². The van der Waals surface area contributed by atoms with Gasteiger partial charge in [0.1, 0.15) is 0 Å². The van der Waals surface area contributed by atoms with Crippen LogP contribution in [0.15, 0.2) is 42.5 Å². The lowest BCUT2D eigenvalue weighted by Gasteiger charge is -2.20. The number of amides is 2. The van der Waals surface area contributed by atoms with E-state index in [-0.39, 0.29) is 30.2 Å². The summed E-state index contributed by atoms with van der Waals surface area (Å²) in [6.45, 7) is 3.39. The molecule has 2 atom stereocenters. The van der Waals surface area contributed by atoms with Gasteiger partial charge >= 0.3 is 0 Å². The Morgan fingerprint density at radius 1 is 1.29 bits per heavy atom. The summed E-state index contributed by atoms with van der Waals surface area (Å²) >= 11 is 0. The van der Waals surface area contributed by atoms with E-state index in [1.54, 1.807) is 4.90 Å². The minimum Gasteiger partial charge on any atom is -0.348 e. The Balaban J connectivity index is 1.74. The monoisotopic (exact) mass is 325 g/mol. The molecule has 5 heteroatoms. The average molecular weight is 325 g/mol. The lowest BCUT2D eigenvalue weighted by molar-refractivity contribution is -0.129. The van der Waals surface area contributed by atoms with Crippen molar-refractivity contribution < 1.29 is 9.59 Å². The molecular weight excluding hydrogens is 302 g/mol. The highest BCUT2D eigenvalue weighted by atomic mass is 16.2. The predicted octanol–water partition coefficient (Wildman–Crippen LogP) is 1.82. The smallest absolute Gasteiger partial charge is 0.225 e. The molecule has 0 aliphatic carbocycles.